The molecule has 8 nitrogen and oxygen atoms in total. The van der Waals surface area contributed by atoms with Gasteiger partial charge < -0.3 is 20.0 Å². The van der Waals surface area contributed by atoms with E-state index in [-0.39, 0.29) is 29.5 Å². The zero-order valence-electron chi connectivity index (χ0n) is 15.0. The summed E-state index contributed by atoms with van der Waals surface area (Å²) in [6.07, 6.45) is 1.40. The van der Waals surface area contributed by atoms with Gasteiger partial charge in [-0.25, -0.2) is 4.79 Å². The number of ether oxygens (including phenoxy) is 1. The van der Waals surface area contributed by atoms with Gasteiger partial charge in [-0.15, -0.1) is 0 Å². The van der Waals surface area contributed by atoms with Gasteiger partial charge in [0.2, 0.25) is 5.91 Å². The number of hydrogen-bond donors (Lipinski definition) is 3. The van der Waals surface area contributed by atoms with Crippen LogP contribution in [0.25, 0.3) is 11.0 Å². The summed E-state index contributed by atoms with van der Waals surface area (Å²) in [5, 5.41) is 2.89. The topological polar surface area (TPSA) is 107 Å². The van der Waals surface area contributed by atoms with Crippen molar-refractivity contribution in [1.82, 2.24) is 14.9 Å². The number of likely N-dealkylation sites (tertiary alicyclic amines) is 1. The summed E-state index contributed by atoms with van der Waals surface area (Å²) in [5.41, 5.74) is 1.70. The number of piperidine rings is 1. The first-order valence-corrected chi connectivity index (χ1v) is 8.91. The number of nitrogens with one attached hydrogen (secondary N) is 3. The maximum absolute atomic E-state index is 12.5. The molecule has 1 saturated heterocycles. The molecule has 0 saturated carbocycles. The lowest BCUT2D eigenvalue weighted by Crippen LogP contribution is -2.47. The number of imidazole rings is 1. The predicted octanol–water partition coefficient (Wildman–Crippen LogP) is 1.46. The number of fused-ring (bicyclic) bond motifs is 1. The summed E-state index contributed by atoms with van der Waals surface area (Å²) in [4.78, 5) is 43.1. The number of hydrogen-bond acceptors (Lipinski definition) is 5. The highest BCUT2D eigenvalue weighted by Crippen LogP contribution is 2.21. The van der Waals surface area contributed by atoms with Crippen molar-refractivity contribution >= 4 is 28.6 Å². The number of anilines is 1. The predicted molar refractivity (Wildman–Crippen MR) is 97.9 cm³/mol. The van der Waals surface area contributed by atoms with Gasteiger partial charge in [0.1, 0.15) is 0 Å². The van der Waals surface area contributed by atoms with Gasteiger partial charge in [0, 0.05) is 5.69 Å². The van der Waals surface area contributed by atoms with Crippen molar-refractivity contribution in [2.75, 3.05) is 25.0 Å². The second kappa shape index (κ2) is 7.74. The van der Waals surface area contributed by atoms with Crippen LogP contribution in [0.1, 0.15) is 26.7 Å². The molecule has 1 amide bonds. The van der Waals surface area contributed by atoms with Gasteiger partial charge in [0.25, 0.3) is 0 Å². The van der Waals surface area contributed by atoms with Crippen LogP contribution in [0.15, 0.2) is 23.0 Å². The number of carbonyl (C=O) groups is 2. The lowest BCUT2D eigenvalue weighted by atomic mass is 9.96. The third kappa shape index (κ3) is 3.96. The molecule has 2 aromatic rings. The second-order valence-corrected chi connectivity index (χ2v) is 6.57. The van der Waals surface area contributed by atoms with Gasteiger partial charge in [0.05, 0.1) is 29.6 Å². The molecular weight excluding hydrogens is 336 g/mol. The fraction of sp³-hybridized carbons (Fsp3) is 0.500. The number of carbonyl (C=O) groups excluding carboxylic acids is 2. The smallest absolute Gasteiger partial charge is 0.323 e. The fourth-order valence-electron chi connectivity index (χ4n) is 3.31. The van der Waals surface area contributed by atoms with Crippen LogP contribution in [0.3, 0.4) is 0 Å². The first-order valence-electron chi connectivity index (χ1n) is 8.91. The minimum atomic E-state index is -0.306. The van der Waals surface area contributed by atoms with E-state index in [9.17, 15) is 14.4 Å². The summed E-state index contributed by atoms with van der Waals surface area (Å²) in [7, 11) is 0. The van der Waals surface area contributed by atoms with E-state index in [1.165, 1.54) is 0 Å². The van der Waals surface area contributed by atoms with Crippen molar-refractivity contribution in [1.29, 1.82) is 0 Å². The van der Waals surface area contributed by atoms with Gasteiger partial charge >= 0.3 is 11.7 Å². The van der Waals surface area contributed by atoms with Crippen LogP contribution in [0, 0.1) is 5.92 Å². The number of rotatable bonds is 5. The zero-order valence-corrected chi connectivity index (χ0v) is 15.0. The Morgan fingerprint density at radius 3 is 2.65 bits per heavy atom. The Balaban J connectivity index is 1.57. The molecule has 3 N–H and O–H groups in total. The van der Waals surface area contributed by atoms with Crippen molar-refractivity contribution in [3.8, 4) is 0 Å². The summed E-state index contributed by atoms with van der Waals surface area (Å²) >= 11 is 0. The third-order valence-electron chi connectivity index (χ3n) is 4.86. The van der Waals surface area contributed by atoms with Gasteiger partial charge in [-0.2, -0.15) is 0 Å². The molecule has 0 bridgehead atoms. The minimum Gasteiger partial charge on any atom is -0.466 e. The van der Waals surface area contributed by atoms with Crippen LogP contribution in [-0.2, 0) is 14.3 Å². The molecule has 1 aliphatic rings. The molecule has 26 heavy (non-hydrogen) atoms. The molecule has 2 heterocycles. The molecule has 1 aromatic carbocycles. The standard InChI is InChI=1S/C18H24N4O4/c1-3-26-17(24)12-6-8-22(9-7-12)11(2)16(23)19-13-4-5-14-15(10-13)21-18(25)20-14/h4-5,10-12H,3,6-9H2,1-2H3,(H,19,23)(H2,20,21,25). The maximum Gasteiger partial charge on any atom is 0.323 e. The number of aromatic amines is 2. The van der Waals surface area contributed by atoms with E-state index in [0.29, 0.717) is 49.3 Å². The summed E-state index contributed by atoms with van der Waals surface area (Å²) in [6, 6.07) is 4.92. The molecule has 0 spiro atoms. The summed E-state index contributed by atoms with van der Waals surface area (Å²) in [5.74, 6) is -0.329. The van der Waals surface area contributed by atoms with Crippen LogP contribution in [0.4, 0.5) is 5.69 Å². The molecule has 0 aliphatic carbocycles. The molecule has 1 fully saturated rings. The van der Waals surface area contributed by atoms with Gasteiger partial charge in [-0.05, 0) is 58.0 Å². The monoisotopic (exact) mass is 360 g/mol. The second-order valence-electron chi connectivity index (χ2n) is 6.57. The molecule has 1 aromatic heterocycles. The first-order chi connectivity index (χ1) is 12.5. The van der Waals surface area contributed by atoms with Crippen molar-refractivity contribution in [2.24, 2.45) is 5.92 Å². The SMILES string of the molecule is CCOC(=O)C1CCN(C(C)C(=O)Nc2ccc3[nH]c(=O)[nH]c3c2)CC1. The number of aromatic nitrogens is 2. The maximum atomic E-state index is 12.5. The van der Waals surface area contributed by atoms with Crippen LogP contribution in [-0.4, -0.2) is 52.5 Å². The molecule has 3 rings (SSSR count). The number of benzene rings is 1. The van der Waals surface area contributed by atoms with Crippen LogP contribution >= 0.6 is 0 Å². The van der Waals surface area contributed by atoms with Crippen LogP contribution < -0.4 is 11.0 Å². The zero-order chi connectivity index (χ0) is 18.7. The molecule has 140 valence electrons. The van der Waals surface area contributed by atoms with E-state index in [0.717, 1.165) is 0 Å². The molecule has 1 unspecified atom stereocenters. The number of esters is 1. The fourth-order valence-corrected chi connectivity index (χ4v) is 3.31. The van der Waals surface area contributed by atoms with Crippen molar-refractivity contribution in [2.45, 2.75) is 32.7 Å². The largest absolute Gasteiger partial charge is 0.466 e. The molecule has 1 atom stereocenters. The molecular formula is C18H24N4O4. The molecule has 1 aliphatic heterocycles. The highest BCUT2D eigenvalue weighted by atomic mass is 16.5. The highest BCUT2D eigenvalue weighted by Gasteiger charge is 2.30. The molecule has 8 heteroatoms. The van der Waals surface area contributed by atoms with Crippen molar-refractivity contribution in [3.63, 3.8) is 0 Å². The highest BCUT2D eigenvalue weighted by molar-refractivity contribution is 5.96. The van der Waals surface area contributed by atoms with Crippen LogP contribution in [0.5, 0.6) is 0 Å². The van der Waals surface area contributed by atoms with Crippen LogP contribution in [0.2, 0.25) is 0 Å². The van der Waals surface area contributed by atoms with Crippen molar-refractivity contribution < 1.29 is 14.3 Å². The van der Waals surface area contributed by atoms with Crippen molar-refractivity contribution in [3.05, 3.63) is 28.7 Å². The van der Waals surface area contributed by atoms with E-state index in [1.807, 2.05) is 6.92 Å². The Morgan fingerprint density at radius 1 is 1.27 bits per heavy atom. The number of H-pyrrole nitrogens is 2. The lowest BCUT2D eigenvalue weighted by molar-refractivity contribution is -0.149. The van der Waals surface area contributed by atoms with E-state index < -0.39 is 0 Å². The summed E-state index contributed by atoms with van der Waals surface area (Å²) < 4.78 is 5.08. The van der Waals surface area contributed by atoms with Gasteiger partial charge in [-0.3, -0.25) is 14.5 Å². The van der Waals surface area contributed by atoms with Gasteiger partial charge in [0.15, 0.2) is 0 Å². The van der Waals surface area contributed by atoms with E-state index in [4.69, 9.17) is 4.74 Å². The van der Waals surface area contributed by atoms with E-state index in [1.54, 1.807) is 25.1 Å². The Labute approximate surface area is 150 Å². The average molecular weight is 360 g/mol. The minimum absolute atomic E-state index is 0.0747. The normalized spacial score (nSPS) is 17.2. The van der Waals surface area contributed by atoms with E-state index >= 15 is 0 Å². The Kier molecular flexibility index (Phi) is 5.41. The summed E-state index contributed by atoms with van der Waals surface area (Å²) in [6.45, 7) is 5.43. The molecule has 0 radical (unpaired) electrons. The third-order valence-corrected chi connectivity index (χ3v) is 4.86. The lowest BCUT2D eigenvalue weighted by Gasteiger charge is -2.34. The quantitative estimate of drug-likeness (QED) is 0.700. The Morgan fingerprint density at radius 2 is 1.96 bits per heavy atom. The Hall–Kier alpha value is -2.61. The Bertz CT molecular complexity index is 848. The first kappa shape index (κ1) is 18.2. The average Bonchev–Trinajstić information content (AvgIpc) is 3.00. The van der Waals surface area contributed by atoms with E-state index in [2.05, 4.69) is 20.2 Å². The number of amides is 1. The number of nitrogens with zero attached hydrogens (tertiary/aromatic N) is 1. The van der Waals surface area contributed by atoms with Gasteiger partial charge in [-0.1, -0.05) is 0 Å².